The lowest BCUT2D eigenvalue weighted by Gasteiger charge is -2.26. The van der Waals surface area contributed by atoms with Crippen LogP contribution in [0.2, 0.25) is 0 Å². The number of aromatic amines is 1. The molecule has 1 aromatic heterocycles. The van der Waals surface area contributed by atoms with Gasteiger partial charge in [-0.05, 0) is 54.3 Å². The molecule has 4 rings (SSSR count). The van der Waals surface area contributed by atoms with Gasteiger partial charge in [0.15, 0.2) is 0 Å². The number of aromatic nitrogens is 1. The van der Waals surface area contributed by atoms with Crippen LogP contribution in [0.1, 0.15) is 16.8 Å². The van der Waals surface area contributed by atoms with Gasteiger partial charge in [-0.2, -0.15) is 0 Å². The van der Waals surface area contributed by atoms with Crippen molar-refractivity contribution in [3.8, 4) is 5.75 Å². The van der Waals surface area contributed by atoms with E-state index in [0.29, 0.717) is 0 Å². The van der Waals surface area contributed by atoms with Gasteiger partial charge in [0.1, 0.15) is 11.6 Å². The zero-order valence-electron chi connectivity index (χ0n) is 13.8. The maximum atomic E-state index is 13.0. The Kier molecular flexibility index (Phi) is 3.98. The smallest absolute Gasteiger partial charge is 0.123 e. The Morgan fingerprint density at radius 1 is 1.17 bits per heavy atom. The highest BCUT2D eigenvalue weighted by Gasteiger charge is 2.20. The Hall–Kier alpha value is -2.33. The Morgan fingerprint density at radius 3 is 2.79 bits per heavy atom. The highest BCUT2D eigenvalue weighted by atomic mass is 19.1. The van der Waals surface area contributed by atoms with Gasteiger partial charge in [-0.15, -0.1) is 0 Å². The molecule has 1 N–H and O–H groups in total. The van der Waals surface area contributed by atoms with Crippen molar-refractivity contribution in [2.24, 2.45) is 0 Å². The second-order valence-corrected chi connectivity index (χ2v) is 6.40. The van der Waals surface area contributed by atoms with Crippen LogP contribution in [0.25, 0.3) is 10.9 Å². The molecule has 0 radical (unpaired) electrons. The number of nitrogens with one attached hydrogen (secondary N) is 1. The van der Waals surface area contributed by atoms with Crippen molar-refractivity contribution in [2.75, 3.05) is 20.2 Å². The first-order chi connectivity index (χ1) is 11.7. The SMILES string of the molecule is COc1ccc2[nH]c3c(c2c1)CCN(CCc1ccc(F)cc1)C3. The van der Waals surface area contributed by atoms with E-state index in [0.717, 1.165) is 38.2 Å². The number of rotatable bonds is 4. The number of H-pyrrole nitrogens is 1. The predicted molar refractivity (Wildman–Crippen MR) is 93.9 cm³/mol. The molecule has 0 bridgehead atoms. The van der Waals surface area contributed by atoms with Gasteiger partial charge < -0.3 is 9.72 Å². The van der Waals surface area contributed by atoms with Gasteiger partial charge in [0.05, 0.1) is 7.11 Å². The molecule has 0 amide bonds. The minimum absolute atomic E-state index is 0.171. The van der Waals surface area contributed by atoms with E-state index in [1.165, 1.54) is 39.9 Å². The number of fused-ring (bicyclic) bond motifs is 3. The molecule has 0 aliphatic carbocycles. The monoisotopic (exact) mass is 324 g/mol. The summed E-state index contributed by atoms with van der Waals surface area (Å²) in [6.07, 6.45) is 2.00. The van der Waals surface area contributed by atoms with Gasteiger partial charge in [-0.1, -0.05) is 12.1 Å². The Balaban J connectivity index is 1.48. The van der Waals surface area contributed by atoms with Crippen LogP contribution in [0.15, 0.2) is 42.5 Å². The van der Waals surface area contributed by atoms with Crippen molar-refractivity contribution in [3.63, 3.8) is 0 Å². The quantitative estimate of drug-likeness (QED) is 0.788. The van der Waals surface area contributed by atoms with Gasteiger partial charge in [-0.3, -0.25) is 4.90 Å². The lowest BCUT2D eigenvalue weighted by atomic mass is 10.0. The normalized spacial score (nSPS) is 14.8. The summed E-state index contributed by atoms with van der Waals surface area (Å²) in [6.45, 7) is 2.98. The van der Waals surface area contributed by atoms with Crippen molar-refractivity contribution in [1.82, 2.24) is 9.88 Å². The van der Waals surface area contributed by atoms with E-state index in [-0.39, 0.29) is 5.82 Å². The molecule has 0 fully saturated rings. The predicted octanol–water partition coefficient (Wildman–Crippen LogP) is 3.92. The molecule has 3 nitrogen and oxygen atoms in total. The van der Waals surface area contributed by atoms with Crippen LogP contribution in [-0.4, -0.2) is 30.1 Å². The van der Waals surface area contributed by atoms with E-state index in [1.54, 1.807) is 7.11 Å². The summed E-state index contributed by atoms with van der Waals surface area (Å²) >= 11 is 0. The first-order valence-electron chi connectivity index (χ1n) is 8.37. The number of hydrogen-bond acceptors (Lipinski definition) is 2. The molecule has 0 saturated heterocycles. The molecule has 1 aliphatic rings. The molecule has 1 aliphatic heterocycles. The first kappa shape index (κ1) is 15.2. The maximum absolute atomic E-state index is 13.0. The molecule has 24 heavy (non-hydrogen) atoms. The van der Waals surface area contributed by atoms with Gasteiger partial charge in [0, 0.05) is 36.2 Å². The van der Waals surface area contributed by atoms with Crippen LogP contribution < -0.4 is 4.74 Å². The lowest BCUT2D eigenvalue weighted by molar-refractivity contribution is 0.255. The highest BCUT2D eigenvalue weighted by molar-refractivity contribution is 5.86. The number of hydrogen-bond donors (Lipinski definition) is 1. The average molecular weight is 324 g/mol. The molecule has 4 heteroatoms. The number of halogens is 1. The second-order valence-electron chi connectivity index (χ2n) is 6.40. The van der Waals surface area contributed by atoms with Crippen LogP contribution in [0, 0.1) is 5.82 Å². The number of ether oxygens (including phenoxy) is 1. The average Bonchev–Trinajstić information content (AvgIpc) is 2.98. The number of benzene rings is 2. The Morgan fingerprint density at radius 2 is 2.00 bits per heavy atom. The first-order valence-corrected chi connectivity index (χ1v) is 8.37. The topological polar surface area (TPSA) is 28.3 Å². The molecule has 2 heterocycles. The van der Waals surface area contributed by atoms with E-state index in [2.05, 4.69) is 22.0 Å². The minimum Gasteiger partial charge on any atom is -0.497 e. The maximum Gasteiger partial charge on any atom is 0.123 e. The molecule has 0 spiro atoms. The third-order valence-corrected chi connectivity index (χ3v) is 4.89. The summed E-state index contributed by atoms with van der Waals surface area (Å²) in [5.41, 5.74) is 5.09. The van der Waals surface area contributed by atoms with Crippen LogP contribution >= 0.6 is 0 Å². The fourth-order valence-corrected chi connectivity index (χ4v) is 3.53. The molecule has 124 valence electrons. The molecule has 0 saturated carbocycles. The lowest BCUT2D eigenvalue weighted by Crippen LogP contribution is -2.32. The van der Waals surface area contributed by atoms with Gasteiger partial charge in [-0.25, -0.2) is 4.39 Å². The van der Waals surface area contributed by atoms with E-state index in [1.807, 2.05) is 18.2 Å². The zero-order chi connectivity index (χ0) is 16.5. The van der Waals surface area contributed by atoms with Crippen LogP contribution in [0.3, 0.4) is 0 Å². The molecule has 3 aromatic rings. The zero-order valence-corrected chi connectivity index (χ0v) is 13.8. The third kappa shape index (κ3) is 2.89. The van der Waals surface area contributed by atoms with Crippen LogP contribution in [0.5, 0.6) is 5.75 Å². The summed E-state index contributed by atoms with van der Waals surface area (Å²) in [5, 5.41) is 1.28. The standard InChI is InChI=1S/C20H21FN2O/c1-24-16-6-7-19-18(12-16)17-9-11-23(13-20(17)22-19)10-8-14-2-4-15(21)5-3-14/h2-7,12,22H,8-11,13H2,1H3. The Labute approximate surface area is 141 Å². The number of methoxy groups -OCH3 is 1. The van der Waals surface area contributed by atoms with Crippen molar-refractivity contribution < 1.29 is 9.13 Å². The highest BCUT2D eigenvalue weighted by Crippen LogP contribution is 2.30. The Bertz CT molecular complexity index is 854. The minimum atomic E-state index is -0.171. The fourth-order valence-electron chi connectivity index (χ4n) is 3.53. The molecule has 0 atom stereocenters. The third-order valence-electron chi connectivity index (χ3n) is 4.89. The van der Waals surface area contributed by atoms with E-state index < -0.39 is 0 Å². The summed E-state index contributed by atoms with van der Waals surface area (Å²) in [7, 11) is 1.71. The van der Waals surface area contributed by atoms with Crippen LogP contribution in [-0.2, 0) is 19.4 Å². The summed E-state index contributed by atoms with van der Waals surface area (Å²) in [5.74, 6) is 0.734. The van der Waals surface area contributed by atoms with E-state index in [9.17, 15) is 4.39 Å². The molecule has 2 aromatic carbocycles. The fraction of sp³-hybridized carbons (Fsp3) is 0.300. The molecular weight excluding hydrogens is 303 g/mol. The van der Waals surface area contributed by atoms with Gasteiger partial charge in [0.25, 0.3) is 0 Å². The van der Waals surface area contributed by atoms with Gasteiger partial charge >= 0.3 is 0 Å². The molecule has 0 unspecified atom stereocenters. The summed E-state index contributed by atoms with van der Waals surface area (Å²) in [4.78, 5) is 6.01. The van der Waals surface area contributed by atoms with E-state index >= 15 is 0 Å². The van der Waals surface area contributed by atoms with Crippen molar-refractivity contribution >= 4 is 10.9 Å². The van der Waals surface area contributed by atoms with E-state index in [4.69, 9.17) is 4.74 Å². The summed E-state index contributed by atoms with van der Waals surface area (Å²) < 4.78 is 18.3. The van der Waals surface area contributed by atoms with Gasteiger partial charge in [0.2, 0.25) is 0 Å². The van der Waals surface area contributed by atoms with Crippen molar-refractivity contribution in [3.05, 3.63) is 65.1 Å². The molecular formula is C20H21FN2O. The van der Waals surface area contributed by atoms with Crippen LogP contribution in [0.4, 0.5) is 4.39 Å². The largest absolute Gasteiger partial charge is 0.497 e. The van der Waals surface area contributed by atoms with Crippen molar-refractivity contribution in [1.29, 1.82) is 0 Å². The number of nitrogens with zero attached hydrogens (tertiary/aromatic N) is 1. The second kappa shape index (κ2) is 6.29. The van der Waals surface area contributed by atoms with Crippen molar-refractivity contribution in [2.45, 2.75) is 19.4 Å². The summed E-state index contributed by atoms with van der Waals surface area (Å²) in [6, 6.07) is 13.0.